The third-order valence-corrected chi connectivity index (χ3v) is 6.01. The van der Waals surface area contributed by atoms with Crippen LogP contribution in [0.15, 0.2) is 41.2 Å². The highest BCUT2D eigenvalue weighted by atomic mass is 16.4. The number of rotatable bonds is 7. The predicted octanol–water partition coefficient (Wildman–Crippen LogP) is 4.05. The Kier molecular flexibility index (Phi) is 4.90. The summed E-state index contributed by atoms with van der Waals surface area (Å²) in [4.78, 5) is 26.6. The average molecular weight is 406 g/mol. The van der Waals surface area contributed by atoms with Gasteiger partial charge in [-0.25, -0.2) is 9.97 Å². The molecule has 1 fully saturated rings. The van der Waals surface area contributed by atoms with Gasteiger partial charge < -0.3 is 9.32 Å². The maximum absolute atomic E-state index is 13.0. The van der Waals surface area contributed by atoms with Crippen LogP contribution in [-0.4, -0.2) is 49.9 Å². The van der Waals surface area contributed by atoms with E-state index in [0.717, 1.165) is 68.3 Å². The zero-order chi connectivity index (χ0) is 20.7. The first kappa shape index (κ1) is 19.1. The zero-order valence-electron chi connectivity index (χ0n) is 17.5. The van der Waals surface area contributed by atoms with Gasteiger partial charge in [-0.15, -0.1) is 0 Å². The lowest BCUT2D eigenvalue weighted by atomic mass is 9.97. The van der Waals surface area contributed by atoms with E-state index in [-0.39, 0.29) is 11.9 Å². The van der Waals surface area contributed by atoms with Gasteiger partial charge in [0.2, 0.25) is 5.89 Å². The van der Waals surface area contributed by atoms with Crippen LogP contribution < -0.4 is 0 Å². The predicted molar refractivity (Wildman–Crippen MR) is 113 cm³/mol. The molecule has 1 atom stereocenters. The molecule has 0 radical (unpaired) electrons. The van der Waals surface area contributed by atoms with Gasteiger partial charge in [0.15, 0.2) is 0 Å². The molecule has 0 saturated carbocycles. The van der Waals surface area contributed by atoms with Crippen LogP contribution in [-0.2, 0) is 6.54 Å². The Balaban J connectivity index is 1.52. The summed E-state index contributed by atoms with van der Waals surface area (Å²) >= 11 is 0. The summed E-state index contributed by atoms with van der Waals surface area (Å²) in [5, 5.41) is 0. The maximum Gasteiger partial charge on any atom is 0.256 e. The Morgan fingerprint density at radius 3 is 2.70 bits per heavy atom. The topological polar surface area (TPSA) is 67.4 Å². The number of oxazole rings is 1. The van der Waals surface area contributed by atoms with Gasteiger partial charge >= 0.3 is 0 Å². The van der Waals surface area contributed by atoms with Crippen molar-refractivity contribution in [2.75, 3.05) is 19.6 Å². The molecule has 0 bridgehead atoms. The molecule has 2 aliphatic rings. The molecule has 2 aromatic heterocycles. The second-order valence-corrected chi connectivity index (χ2v) is 8.08. The van der Waals surface area contributed by atoms with Crippen LogP contribution in [0.5, 0.6) is 0 Å². The second kappa shape index (κ2) is 7.72. The first-order chi connectivity index (χ1) is 14.7. The molecule has 1 aromatic carbocycles. The minimum atomic E-state index is 0.00873. The number of carbonyl (C=O) groups is 1. The third-order valence-electron chi connectivity index (χ3n) is 6.01. The molecule has 7 nitrogen and oxygen atoms in total. The second-order valence-electron chi connectivity index (χ2n) is 8.08. The number of carbonyl (C=O) groups excluding carboxylic acids is 1. The number of hydrogen-bond acceptors (Lipinski definition) is 5. The molecule has 4 heterocycles. The Hall–Kier alpha value is -2.93. The molecular weight excluding hydrogens is 378 g/mol. The molecule has 7 heteroatoms. The van der Waals surface area contributed by atoms with Gasteiger partial charge in [-0.05, 0) is 44.5 Å². The number of fused-ring (bicyclic) bond motifs is 5. The number of imidazole rings is 1. The van der Waals surface area contributed by atoms with Crippen LogP contribution in [0, 0.1) is 0 Å². The van der Waals surface area contributed by atoms with Gasteiger partial charge in [-0.3, -0.25) is 14.3 Å². The van der Waals surface area contributed by atoms with Crippen molar-refractivity contribution in [2.45, 2.75) is 45.7 Å². The van der Waals surface area contributed by atoms with Gasteiger partial charge in [0.25, 0.3) is 5.91 Å². The Labute approximate surface area is 176 Å². The number of nitrogens with zero attached hydrogens (tertiary/aromatic N) is 5. The molecule has 30 heavy (non-hydrogen) atoms. The van der Waals surface area contributed by atoms with Crippen LogP contribution in [0.4, 0.5) is 0 Å². The quantitative estimate of drug-likeness (QED) is 0.593. The standard InChI is InChI=1S/C23H27N5O2/c1-3-10-26(11-4-2)14-16-13-24-22(30-16)20-21-19-9-12-27(19)23(29)17-7-5-6-8-18(17)28(21)15-25-20/h5-8,13,15,19H,3-4,9-12,14H2,1-2H3/t19-/m0/s1. The Morgan fingerprint density at radius 2 is 1.97 bits per heavy atom. The normalized spacial score (nSPS) is 17.4. The van der Waals surface area contributed by atoms with E-state index in [1.807, 2.05) is 39.9 Å². The summed E-state index contributed by atoms with van der Waals surface area (Å²) in [6.45, 7) is 7.99. The first-order valence-electron chi connectivity index (χ1n) is 10.9. The number of para-hydroxylation sites is 1. The summed E-state index contributed by atoms with van der Waals surface area (Å²) in [6.07, 6.45) is 6.75. The lowest BCUT2D eigenvalue weighted by Gasteiger charge is -2.39. The summed E-state index contributed by atoms with van der Waals surface area (Å²) < 4.78 is 8.19. The van der Waals surface area contributed by atoms with Crippen molar-refractivity contribution in [3.05, 3.63) is 53.8 Å². The lowest BCUT2D eigenvalue weighted by Crippen LogP contribution is -2.44. The van der Waals surface area contributed by atoms with Gasteiger partial charge in [-0.1, -0.05) is 26.0 Å². The SMILES string of the molecule is CCCN(CCC)Cc1cnc(-c2ncn3c2[C@@H]2CCN2C(=O)c2ccccc2-3)o1. The van der Waals surface area contributed by atoms with E-state index >= 15 is 0 Å². The van der Waals surface area contributed by atoms with Crippen molar-refractivity contribution in [2.24, 2.45) is 0 Å². The molecule has 3 aromatic rings. The molecule has 0 aliphatic carbocycles. The lowest BCUT2D eigenvalue weighted by molar-refractivity contribution is 0.0461. The maximum atomic E-state index is 13.0. The highest BCUT2D eigenvalue weighted by Gasteiger charge is 2.42. The Morgan fingerprint density at radius 1 is 1.17 bits per heavy atom. The zero-order valence-corrected chi connectivity index (χ0v) is 17.5. The van der Waals surface area contributed by atoms with Gasteiger partial charge in [-0.2, -0.15) is 0 Å². The highest BCUT2D eigenvalue weighted by Crippen LogP contribution is 2.43. The van der Waals surface area contributed by atoms with Crippen molar-refractivity contribution >= 4 is 5.91 Å². The molecule has 0 N–H and O–H groups in total. The molecule has 1 saturated heterocycles. The van der Waals surface area contributed by atoms with E-state index in [1.165, 1.54) is 0 Å². The largest absolute Gasteiger partial charge is 0.438 e. The fraction of sp³-hybridized carbons (Fsp3) is 0.435. The summed E-state index contributed by atoms with van der Waals surface area (Å²) in [5.41, 5.74) is 3.31. The molecule has 0 unspecified atom stereocenters. The monoisotopic (exact) mass is 405 g/mol. The van der Waals surface area contributed by atoms with E-state index in [4.69, 9.17) is 4.42 Å². The van der Waals surface area contributed by atoms with Crippen molar-refractivity contribution in [1.82, 2.24) is 24.3 Å². The molecule has 156 valence electrons. The van der Waals surface area contributed by atoms with Crippen LogP contribution in [0.2, 0.25) is 0 Å². The van der Waals surface area contributed by atoms with Crippen molar-refractivity contribution in [3.8, 4) is 17.3 Å². The van der Waals surface area contributed by atoms with Gasteiger partial charge in [0.05, 0.1) is 35.7 Å². The minimum absolute atomic E-state index is 0.00873. The van der Waals surface area contributed by atoms with Crippen LogP contribution in [0.3, 0.4) is 0 Å². The number of benzene rings is 1. The molecule has 2 aliphatic heterocycles. The van der Waals surface area contributed by atoms with Crippen molar-refractivity contribution in [1.29, 1.82) is 0 Å². The van der Waals surface area contributed by atoms with Crippen molar-refractivity contribution < 1.29 is 9.21 Å². The molecule has 5 rings (SSSR count). The smallest absolute Gasteiger partial charge is 0.256 e. The van der Waals surface area contributed by atoms with Crippen LogP contribution >= 0.6 is 0 Å². The van der Waals surface area contributed by atoms with E-state index in [1.54, 1.807) is 6.33 Å². The number of hydrogen-bond donors (Lipinski definition) is 0. The van der Waals surface area contributed by atoms with Crippen LogP contribution in [0.25, 0.3) is 17.3 Å². The van der Waals surface area contributed by atoms with Crippen LogP contribution in [0.1, 0.15) is 61.0 Å². The molecule has 0 spiro atoms. The number of amides is 1. The van der Waals surface area contributed by atoms with Crippen molar-refractivity contribution in [3.63, 3.8) is 0 Å². The molecule has 1 amide bonds. The fourth-order valence-corrected chi connectivity index (χ4v) is 4.58. The third kappa shape index (κ3) is 3.04. The fourth-order valence-electron chi connectivity index (χ4n) is 4.58. The minimum Gasteiger partial charge on any atom is -0.438 e. The molecular formula is C23H27N5O2. The van der Waals surface area contributed by atoms with E-state index < -0.39 is 0 Å². The highest BCUT2D eigenvalue weighted by molar-refractivity contribution is 5.99. The van der Waals surface area contributed by atoms with E-state index in [2.05, 4.69) is 28.7 Å². The average Bonchev–Trinajstić information content (AvgIpc) is 3.33. The van der Waals surface area contributed by atoms with Gasteiger partial charge in [0, 0.05) is 6.54 Å². The van der Waals surface area contributed by atoms with Gasteiger partial charge in [0.1, 0.15) is 17.8 Å². The number of aromatic nitrogens is 3. The first-order valence-corrected chi connectivity index (χ1v) is 10.9. The van der Waals surface area contributed by atoms with E-state index in [9.17, 15) is 4.79 Å². The van der Waals surface area contributed by atoms with E-state index in [0.29, 0.717) is 11.5 Å². The summed E-state index contributed by atoms with van der Waals surface area (Å²) in [5.74, 6) is 1.47. The Bertz CT molecular complexity index is 1060. The summed E-state index contributed by atoms with van der Waals surface area (Å²) in [7, 11) is 0. The summed E-state index contributed by atoms with van der Waals surface area (Å²) in [6, 6.07) is 7.74.